The van der Waals surface area contributed by atoms with E-state index in [0.29, 0.717) is 32.4 Å². The molecule has 0 radical (unpaired) electrons. The number of rotatable bonds is 8. The van der Waals surface area contributed by atoms with Gasteiger partial charge in [0.25, 0.3) is 0 Å². The van der Waals surface area contributed by atoms with E-state index in [1.807, 2.05) is 0 Å². The summed E-state index contributed by atoms with van der Waals surface area (Å²) >= 11 is 0. The minimum absolute atomic E-state index is 0.132. The highest BCUT2D eigenvalue weighted by Crippen LogP contribution is 1.99. The summed E-state index contributed by atoms with van der Waals surface area (Å²) in [6, 6.07) is -0.543. The Labute approximate surface area is 102 Å². The van der Waals surface area contributed by atoms with E-state index >= 15 is 0 Å². The van der Waals surface area contributed by atoms with Crippen LogP contribution in [-0.4, -0.2) is 57.2 Å². The van der Waals surface area contributed by atoms with Crippen LogP contribution in [0, 0.1) is 0 Å². The second kappa shape index (κ2) is 8.95. The summed E-state index contributed by atoms with van der Waals surface area (Å²) in [5.74, 6) is -0.401. The van der Waals surface area contributed by atoms with Crippen molar-refractivity contribution in [3.05, 3.63) is 0 Å². The van der Waals surface area contributed by atoms with Crippen LogP contribution in [-0.2, 0) is 19.1 Å². The molecule has 0 aliphatic carbocycles. The number of nitrogens with two attached hydrogens (primary N) is 1. The van der Waals surface area contributed by atoms with E-state index in [-0.39, 0.29) is 11.9 Å². The van der Waals surface area contributed by atoms with Crippen LogP contribution in [0.15, 0.2) is 0 Å². The molecule has 100 valence electrons. The molecule has 0 aliphatic heterocycles. The molecule has 1 unspecified atom stereocenters. The van der Waals surface area contributed by atoms with Crippen molar-refractivity contribution in [2.24, 2.45) is 5.73 Å². The molecular weight excluding hydrogens is 224 g/mol. The predicted octanol–water partition coefficient (Wildman–Crippen LogP) is -0.238. The van der Waals surface area contributed by atoms with Crippen LogP contribution in [0.3, 0.4) is 0 Å². The van der Waals surface area contributed by atoms with Crippen molar-refractivity contribution >= 4 is 11.9 Å². The van der Waals surface area contributed by atoms with Crippen LogP contribution >= 0.6 is 0 Å². The molecule has 0 aromatic heterocycles. The van der Waals surface area contributed by atoms with Crippen LogP contribution < -0.4 is 5.73 Å². The monoisotopic (exact) mass is 246 g/mol. The highest BCUT2D eigenvalue weighted by Gasteiger charge is 2.17. The van der Waals surface area contributed by atoms with Gasteiger partial charge in [-0.3, -0.25) is 9.59 Å². The van der Waals surface area contributed by atoms with Gasteiger partial charge in [0.15, 0.2) is 0 Å². The standard InChI is InChI=1S/C11H22N2O4/c1-13(7-4-5-10(14)17-3)11(15)9(12)6-8-16-2/h9H,4-8,12H2,1-3H3. The number of carbonyl (C=O) groups is 2. The SMILES string of the molecule is COCCC(N)C(=O)N(C)CCCC(=O)OC. The van der Waals surface area contributed by atoms with Crippen molar-refractivity contribution in [2.45, 2.75) is 25.3 Å². The molecule has 0 aliphatic rings. The number of likely N-dealkylation sites (N-methyl/N-ethyl adjacent to an activating group) is 1. The van der Waals surface area contributed by atoms with Gasteiger partial charge in [-0.2, -0.15) is 0 Å². The first-order chi connectivity index (χ1) is 8.02. The first-order valence-corrected chi connectivity index (χ1v) is 5.59. The van der Waals surface area contributed by atoms with Gasteiger partial charge in [-0.1, -0.05) is 0 Å². The van der Waals surface area contributed by atoms with Crippen molar-refractivity contribution in [3.63, 3.8) is 0 Å². The second-order valence-corrected chi connectivity index (χ2v) is 3.83. The lowest BCUT2D eigenvalue weighted by atomic mass is 10.2. The average Bonchev–Trinajstić information content (AvgIpc) is 2.34. The first kappa shape index (κ1) is 15.9. The van der Waals surface area contributed by atoms with Crippen LogP contribution in [0.1, 0.15) is 19.3 Å². The van der Waals surface area contributed by atoms with Crippen LogP contribution in [0.25, 0.3) is 0 Å². The summed E-state index contributed by atoms with van der Waals surface area (Å²) in [5.41, 5.74) is 5.70. The van der Waals surface area contributed by atoms with Crippen molar-refractivity contribution in [2.75, 3.05) is 34.4 Å². The molecule has 17 heavy (non-hydrogen) atoms. The molecule has 0 spiro atoms. The minimum atomic E-state index is -0.543. The van der Waals surface area contributed by atoms with E-state index in [9.17, 15) is 9.59 Å². The average molecular weight is 246 g/mol. The zero-order valence-corrected chi connectivity index (χ0v) is 10.8. The maximum Gasteiger partial charge on any atom is 0.305 e. The Morgan fingerprint density at radius 3 is 2.53 bits per heavy atom. The van der Waals surface area contributed by atoms with E-state index in [1.165, 1.54) is 12.0 Å². The Kier molecular flexibility index (Phi) is 8.35. The van der Waals surface area contributed by atoms with Crippen LogP contribution in [0.2, 0.25) is 0 Å². The Hall–Kier alpha value is -1.14. The number of nitrogens with zero attached hydrogens (tertiary/aromatic N) is 1. The van der Waals surface area contributed by atoms with E-state index < -0.39 is 6.04 Å². The van der Waals surface area contributed by atoms with Crippen molar-refractivity contribution in [1.29, 1.82) is 0 Å². The van der Waals surface area contributed by atoms with Gasteiger partial charge in [0.2, 0.25) is 5.91 Å². The van der Waals surface area contributed by atoms with Gasteiger partial charge in [0.1, 0.15) is 0 Å². The summed E-state index contributed by atoms with van der Waals surface area (Å²) < 4.78 is 9.37. The van der Waals surface area contributed by atoms with Gasteiger partial charge in [0.05, 0.1) is 13.2 Å². The maximum absolute atomic E-state index is 11.7. The first-order valence-electron chi connectivity index (χ1n) is 5.59. The van der Waals surface area contributed by atoms with E-state index in [4.69, 9.17) is 10.5 Å². The second-order valence-electron chi connectivity index (χ2n) is 3.83. The summed E-state index contributed by atoms with van der Waals surface area (Å²) in [6.07, 6.45) is 1.38. The summed E-state index contributed by atoms with van der Waals surface area (Å²) in [4.78, 5) is 24.1. The topological polar surface area (TPSA) is 81.9 Å². The Bertz CT molecular complexity index is 246. The highest BCUT2D eigenvalue weighted by atomic mass is 16.5. The predicted molar refractivity (Wildman–Crippen MR) is 63.4 cm³/mol. The molecule has 0 saturated carbocycles. The van der Waals surface area contributed by atoms with Gasteiger partial charge in [-0.05, 0) is 12.8 Å². The maximum atomic E-state index is 11.7. The largest absolute Gasteiger partial charge is 0.469 e. The minimum Gasteiger partial charge on any atom is -0.469 e. The number of methoxy groups -OCH3 is 2. The van der Waals surface area contributed by atoms with Crippen LogP contribution in [0.5, 0.6) is 0 Å². The molecule has 6 heteroatoms. The number of carbonyl (C=O) groups excluding carboxylic acids is 2. The number of hydrogen-bond donors (Lipinski definition) is 1. The fourth-order valence-corrected chi connectivity index (χ4v) is 1.32. The molecule has 6 nitrogen and oxygen atoms in total. The fraction of sp³-hybridized carbons (Fsp3) is 0.818. The number of ether oxygens (including phenoxy) is 2. The van der Waals surface area contributed by atoms with E-state index in [0.717, 1.165) is 0 Å². The highest BCUT2D eigenvalue weighted by molar-refractivity contribution is 5.81. The molecule has 0 fully saturated rings. The van der Waals surface area contributed by atoms with E-state index in [1.54, 1.807) is 14.2 Å². The Balaban J connectivity index is 3.84. The zero-order valence-electron chi connectivity index (χ0n) is 10.8. The molecule has 0 aromatic carbocycles. The number of hydrogen-bond acceptors (Lipinski definition) is 5. The van der Waals surface area contributed by atoms with Crippen molar-refractivity contribution in [3.8, 4) is 0 Å². The van der Waals surface area contributed by atoms with Crippen molar-refractivity contribution < 1.29 is 19.1 Å². The third kappa shape index (κ3) is 6.91. The van der Waals surface area contributed by atoms with Crippen LogP contribution in [0.4, 0.5) is 0 Å². The normalized spacial score (nSPS) is 12.0. The Morgan fingerprint density at radius 1 is 1.35 bits per heavy atom. The molecule has 0 bridgehead atoms. The van der Waals surface area contributed by atoms with Gasteiger partial charge >= 0.3 is 5.97 Å². The van der Waals surface area contributed by atoms with E-state index in [2.05, 4.69) is 4.74 Å². The van der Waals surface area contributed by atoms with Gasteiger partial charge in [0, 0.05) is 33.7 Å². The number of esters is 1. The van der Waals surface area contributed by atoms with Gasteiger partial charge in [-0.15, -0.1) is 0 Å². The third-order valence-corrected chi connectivity index (χ3v) is 2.43. The lowest BCUT2D eigenvalue weighted by Crippen LogP contribution is -2.42. The smallest absolute Gasteiger partial charge is 0.305 e. The van der Waals surface area contributed by atoms with Crippen molar-refractivity contribution in [1.82, 2.24) is 4.90 Å². The Morgan fingerprint density at radius 2 is 2.00 bits per heavy atom. The quantitative estimate of drug-likeness (QED) is 0.598. The molecule has 1 atom stereocenters. The molecule has 1 amide bonds. The molecular formula is C11H22N2O4. The fourth-order valence-electron chi connectivity index (χ4n) is 1.32. The van der Waals surface area contributed by atoms with Gasteiger partial charge < -0.3 is 20.1 Å². The molecule has 2 N–H and O–H groups in total. The molecule has 0 heterocycles. The lowest BCUT2D eigenvalue weighted by molar-refractivity contribution is -0.141. The number of amides is 1. The zero-order chi connectivity index (χ0) is 13.3. The summed E-state index contributed by atoms with van der Waals surface area (Å²) in [5, 5.41) is 0. The van der Waals surface area contributed by atoms with Gasteiger partial charge in [-0.25, -0.2) is 0 Å². The lowest BCUT2D eigenvalue weighted by Gasteiger charge is -2.20. The molecule has 0 rings (SSSR count). The summed E-state index contributed by atoms with van der Waals surface area (Å²) in [7, 11) is 4.58. The summed E-state index contributed by atoms with van der Waals surface area (Å²) in [6.45, 7) is 0.956. The molecule has 0 aromatic rings. The molecule has 0 saturated heterocycles. The third-order valence-electron chi connectivity index (χ3n) is 2.43.